The van der Waals surface area contributed by atoms with Gasteiger partial charge in [0.2, 0.25) is 0 Å². The number of rotatable bonds is 10. The lowest BCUT2D eigenvalue weighted by Gasteiger charge is -2.27. The van der Waals surface area contributed by atoms with Crippen molar-refractivity contribution in [2.24, 2.45) is 0 Å². The first-order valence-electron chi connectivity index (χ1n) is 35.2. The van der Waals surface area contributed by atoms with E-state index in [9.17, 15) is 0 Å². The zero-order chi connectivity index (χ0) is 70.8. The molecule has 4 aromatic heterocycles. The van der Waals surface area contributed by atoms with Crippen LogP contribution in [0.4, 0.5) is 51.2 Å². The molecule has 21 rings (SSSR count). The minimum atomic E-state index is 0.878. The Bertz CT molecular complexity index is 6880. The lowest BCUT2D eigenvalue weighted by molar-refractivity contribution is 0.668. The summed E-state index contributed by atoms with van der Waals surface area (Å²) in [7, 11) is 0. The zero-order valence-electron chi connectivity index (χ0n) is 56.9. The number of para-hydroxylation sites is 3. The predicted octanol–water partition coefficient (Wildman–Crippen LogP) is 30.9. The van der Waals surface area contributed by atoms with Crippen LogP contribution in [0.1, 0.15) is 0 Å². The number of hydrogen-bond acceptors (Lipinski definition) is 6. The second kappa shape index (κ2) is 27.8. The minimum absolute atomic E-state index is 0.878. The lowest BCUT2D eigenvalue weighted by atomic mass is 10.1. The summed E-state index contributed by atoms with van der Waals surface area (Å²) in [5.41, 5.74) is 15.5. The number of benzene rings is 17. The molecule has 0 fully saturated rings. The molecule has 106 heavy (non-hydrogen) atoms. The maximum absolute atomic E-state index is 6.33. The summed E-state index contributed by atoms with van der Waals surface area (Å²) < 4.78 is 17.2. The Morgan fingerprint density at radius 2 is 0.651 bits per heavy atom. The molecule has 5 nitrogen and oxygen atoms in total. The van der Waals surface area contributed by atoms with E-state index in [4.69, 9.17) is 4.42 Å². The SMILES string of the molecule is Brc1ccc2c(c1)oc1cc(N(c3ccc4ccccc4c3)c3ccc4sc5ccccc5c4c3)ccc12.Brc1ccc2c(c1)sc1cc(N(c3ccccc3)c3cccc4ccccc34)ccc12.Brc1ccc2c3ccc(N(c4ccccc4)c4ccccc4)cc3n(-c3cccc4ccccc34)c2c1. The van der Waals surface area contributed by atoms with Gasteiger partial charge in [-0.05, 0) is 185 Å². The van der Waals surface area contributed by atoms with Gasteiger partial charge < -0.3 is 23.7 Å². The van der Waals surface area contributed by atoms with E-state index in [1.807, 2.05) is 28.7 Å². The van der Waals surface area contributed by atoms with Crippen molar-refractivity contribution in [3.8, 4) is 5.69 Å². The molecule has 504 valence electrons. The van der Waals surface area contributed by atoms with Gasteiger partial charge in [0.25, 0.3) is 0 Å². The molecule has 0 N–H and O–H groups in total. The third-order valence-corrected chi connectivity index (χ3v) is 23.7. The van der Waals surface area contributed by atoms with Crippen LogP contribution in [-0.2, 0) is 0 Å². The van der Waals surface area contributed by atoms with Crippen LogP contribution in [0.2, 0.25) is 0 Å². The van der Waals surface area contributed by atoms with Crippen molar-refractivity contribution in [1.82, 2.24) is 4.57 Å². The Morgan fingerprint density at radius 1 is 0.226 bits per heavy atom. The van der Waals surface area contributed by atoms with Crippen LogP contribution in [0.25, 0.3) is 122 Å². The number of aromatic nitrogens is 1. The maximum Gasteiger partial charge on any atom is 0.137 e. The van der Waals surface area contributed by atoms with Crippen LogP contribution in [0, 0.1) is 0 Å². The van der Waals surface area contributed by atoms with Crippen LogP contribution in [0.5, 0.6) is 0 Å². The van der Waals surface area contributed by atoms with Crippen molar-refractivity contribution >= 4 is 238 Å². The fourth-order valence-electron chi connectivity index (χ4n) is 15.2. The Morgan fingerprint density at radius 3 is 1.37 bits per heavy atom. The molecule has 17 aromatic carbocycles. The van der Waals surface area contributed by atoms with E-state index in [1.54, 1.807) is 0 Å². The number of anilines is 9. The Hall–Kier alpha value is -11.6. The summed E-state index contributed by atoms with van der Waals surface area (Å²) in [6.45, 7) is 0. The Balaban J connectivity index is 0.000000109. The summed E-state index contributed by atoms with van der Waals surface area (Å²) in [4.78, 5) is 7.02. The van der Waals surface area contributed by atoms with E-state index in [0.29, 0.717) is 0 Å². The average molecular weight is 1590 g/mol. The molecule has 10 heteroatoms. The van der Waals surface area contributed by atoms with Crippen LogP contribution in [0.15, 0.2) is 388 Å². The number of hydrogen-bond donors (Lipinski definition) is 0. The first kappa shape index (κ1) is 65.2. The molecule has 0 aliphatic heterocycles. The van der Waals surface area contributed by atoms with E-state index in [-0.39, 0.29) is 0 Å². The van der Waals surface area contributed by atoms with Gasteiger partial charge in [0.05, 0.1) is 22.4 Å². The molecule has 0 atom stereocenters. The topological polar surface area (TPSA) is 27.8 Å². The van der Waals surface area contributed by atoms with Crippen molar-refractivity contribution in [1.29, 1.82) is 0 Å². The largest absolute Gasteiger partial charge is 0.456 e. The Labute approximate surface area is 645 Å². The number of thiophene rings is 2. The molecule has 0 aliphatic rings. The van der Waals surface area contributed by atoms with E-state index < -0.39 is 0 Å². The molecule has 0 saturated carbocycles. The minimum Gasteiger partial charge on any atom is -0.456 e. The third-order valence-electron chi connectivity index (χ3n) is 20.0. The van der Waals surface area contributed by atoms with Crippen molar-refractivity contribution in [2.45, 2.75) is 0 Å². The second-order valence-corrected chi connectivity index (χ2v) is 31.3. The normalized spacial score (nSPS) is 11.5. The molecular formula is C96H61Br3N4OS2. The van der Waals surface area contributed by atoms with Gasteiger partial charge in [-0.3, -0.25) is 0 Å². The van der Waals surface area contributed by atoms with Crippen molar-refractivity contribution < 1.29 is 4.42 Å². The van der Waals surface area contributed by atoms with E-state index in [1.165, 1.54) is 112 Å². The van der Waals surface area contributed by atoms with Gasteiger partial charge in [-0.1, -0.05) is 248 Å². The lowest BCUT2D eigenvalue weighted by Crippen LogP contribution is -2.10. The first-order chi connectivity index (χ1) is 52.3. The maximum atomic E-state index is 6.33. The smallest absolute Gasteiger partial charge is 0.137 e. The van der Waals surface area contributed by atoms with Gasteiger partial charge >= 0.3 is 0 Å². The summed E-state index contributed by atoms with van der Waals surface area (Å²) in [6.07, 6.45) is 0. The highest BCUT2D eigenvalue weighted by Gasteiger charge is 2.22. The summed E-state index contributed by atoms with van der Waals surface area (Å²) in [6, 6.07) is 132. The summed E-state index contributed by atoms with van der Waals surface area (Å²) >= 11 is 14.6. The Kier molecular flexibility index (Phi) is 17.1. The molecule has 0 saturated heterocycles. The third kappa shape index (κ3) is 12.1. The quantitative estimate of drug-likeness (QED) is 0.136. The van der Waals surface area contributed by atoms with Gasteiger partial charge in [-0.2, -0.15) is 0 Å². The second-order valence-electron chi connectivity index (χ2n) is 26.4. The molecule has 4 heterocycles. The molecule has 0 radical (unpaired) electrons. The number of nitrogens with zero attached hydrogens (tertiary/aromatic N) is 4. The predicted molar refractivity (Wildman–Crippen MR) is 466 cm³/mol. The van der Waals surface area contributed by atoms with Crippen LogP contribution >= 0.6 is 70.5 Å². The van der Waals surface area contributed by atoms with Gasteiger partial charge in [-0.15, -0.1) is 22.7 Å². The molecule has 21 aromatic rings. The highest BCUT2D eigenvalue weighted by Crippen LogP contribution is 2.47. The average Bonchev–Trinajstić information content (AvgIpc) is 1.57. The van der Waals surface area contributed by atoms with E-state index in [2.05, 4.69) is 431 Å². The highest BCUT2D eigenvalue weighted by molar-refractivity contribution is 9.11. The molecular weight excluding hydrogens is 1530 g/mol. The molecule has 0 amide bonds. The van der Waals surface area contributed by atoms with Gasteiger partial charge in [0, 0.05) is 138 Å². The molecule has 0 bridgehead atoms. The summed E-state index contributed by atoms with van der Waals surface area (Å²) in [5.74, 6) is 0. The number of fused-ring (bicyclic) bond motifs is 15. The highest BCUT2D eigenvalue weighted by atomic mass is 79.9. The van der Waals surface area contributed by atoms with Crippen LogP contribution in [-0.4, -0.2) is 4.57 Å². The molecule has 0 unspecified atom stereocenters. The standard InChI is InChI=1S/C34H23BrN2.C34H20BrNOS.C28H18BrNS/c35-25-18-20-30-31-21-19-28(36(26-12-3-1-4-13-26)27-14-5-2-6-15-27)23-34(31)37(33(30)22-25)32-17-9-11-24-10-7-8-16-29(24)32;35-23-10-14-27-28-15-12-26(20-32(28)37-31(27)18-23)36(24-11-9-21-5-1-2-6-22(21)17-24)25-13-16-34-30(19-25)29-7-3-4-8-33(29)38-34;29-20-13-15-24-25-16-14-22(18-28(25)31-27(24)17-20)30(21-9-2-1-3-10-21)26-12-6-8-19-7-4-5-11-23(19)26/h1-23H;1-20H;1-18H. The number of furan rings is 1. The van der Waals surface area contributed by atoms with Gasteiger partial charge in [-0.25, -0.2) is 0 Å². The number of halogens is 3. The van der Waals surface area contributed by atoms with Gasteiger partial charge in [0.15, 0.2) is 0 Å². The first-order valence-corrected chi connectivity index (χ1v) is 39.2. The monoisotopic (exact) mass is 1590 g/mol. The van der Waals surface area contributed by atoms with Crippen LogP contribution in [0.3, 0.4) is 0 Å². The van der Waals surface area contributed by atoms with Crippen molar-refractivity contribution in [2.75, 3.05) is 14.7 Å². The summed E-state index contributed by atoms with van der Waals surface area (Å²) in [5, 5.41) is 17.3. The molecule has 0 spiro atoms. The van der Waals surface area contributed by atoms with E-state index in [0.717, 1.165) is 75.2 Å². The van der Waals surface area contributed by atoms with Crippen molar-refractivity contribution in [3.05, 3.63) is 383 Å². The zero-order valence-corrected chi connectivity index (χ0v) is 63.3. The molecule has 0 aliphatic carbocycles. The fraction of sp³-hybridized carbons (Fsp3) is 0. The fourth-order valence-corrected chi connectivity index (χ4v) is 18.6. The van der Waals surface area contributed by atoms with Gasteiger partial charge in [0.1, 0.15) is 11.2 Å². The van der Waals surface area contributed by atoms with E-state index >= 15 is 0 Å². The van der Waals surface area contributed by atoms with Crippen LogP contribution < -0.4 is 14.7 Å². The van der Waals surface area contributed by atoms with Crippen molar-refractivity contribution in [3.63, 3.8) is 0 Å².